The predicted octanol–water partition coefficient (Wildman–Crippen LogP) is 2.30. The van der Waals surface area contributed by atoms with Gasteiger partial charge < -0.3 is 9.33 Å². The lowest BCUT2D eigenvalue weighted by atomic mass is 10.6. The van der Waals surface area contributed by atoms with Crippen LogP contribution in [0.4, 0.5) is 4.79 Å². The van der Waals surface area contributed by atoms with Crippen molar-refractivity contribution in [2.24, 2.45) is 0 Å². The van der Waals surface area contributed by atoms with Crippen LogP contribution < -0.4 is 0 Å². The Morgan fingerprint density at radius 1 is 1.25 bits per heavy atom. The number of hydrogen-bond donors (Lipinski definition) is 0. The average Bonchev–Trinajstić information content (AvgIpc) is 1.85. The standard InChI is InChI=1S/C8H19NO2Si/c1-6-9(7-2)8(10)11-12(3,4)5/h6-7H2,1-5H3. The molecule has 0 saturated heterocycles. The molecule has 0 N–H and O–H groups in total. The zero-order chi connectivity index (χ0) is 9.78. The van der Waals surface area contributed by atoms with Crippen LogP contribution in [-0.2, 0) is 4.43 Å². The number of nitrogens with zero attached hydrogens (tertiary/aromatic N) is 1. The number of carbonyl (C=O) groups excluding carboxylic acids is 1. The molecule has 0 aromatic rings. The Labute approximate surface area is 75.8 Å². The smallest absolute Gasteiger partial charge is 0.396 e. The lowest BCUT2D eigenvalue weighted by Gasteiger charge is -2.24. The molecule has 0 spiro atoms. The first-order valence-electron chi connectivity index (χ1n) is 4.38. The number of rotatable bonds is 3. The van der Waals surface area contributed by atoms with Crippen LogP contribution in [0.15, 0.2) is 0 Å². The van der Waals surface area contributed by atoms with Gasteiger partial charge in [0.1, 0.15) is 0 Å². The highest BCUT2D eigenvalue weighted by atomic mass is 28.4. The molecule has 3 nitrogen and oxygen atoms in total. The molecule has 1 amide bonds. The van der Waals surface area contributed by atoms with Crippen LogP contribution in [0.3, 0.4) is 0 Å². The largest absolute Gasteiger partial charge is 0.504 e. The second kappa shape index (κ2) is 4.50. The van der Waals surface area contributed by atoms with Gasteiger partial charge in [0.25, 0.3) is 0 Å². The van der Waals surface area contributed by atoms with Crippen molar-refractivity contribution in [3.05, 3.63) is 0 Å². The third kappa shape index (κ3) is 4.38. The lowest BCUT2D eigenvalue weighted by Crippen LogP contribution is -2.38. The second-order valence-corrected chi connectivity index (χ2v) is 8.08. The summed E-state index contributed by atoms with van der Waals surface area (Å²) in [5, 5.41) is 0. The summed E-state index contributed by atoms with van der Waals surface area (Å²) in [4.78, 5) is 13.1. The minimum Gasteiger partial charge on any atom is -0.504 e. The maximum absolute atomic E-state index is 11.4. The van der Waals surface area contributed by atoms with Crippen molar-refractivity contribution in [1.29, 1.82) is 0 Å². The van der Waals surface area contributed by atoms with Crippen LogP contribution in [0.5, 0.6) is 0 Å². The summed E-state index contributed by atoms with van der Waals surface area (Å²) in [5.41, 5.74) is 0. The van der Waals surface area contributed by atoms with E-state index in [1.807, 2.05) is 33.5 Å². The zero-order valence-corrected chi connectivity index (χ0v) is 9.68. The van der Waals surface area contributed by atoms with Gasteiger partial charge in [0, 0.05) is 13.1 Å². The molecule has 12 heavy (non-hydrogen) atoms. The van der Waals surface area contributed by atoms with Crippen LogP contribution in [0, 0.1) is 0 Å². The van der Waals surface area contributed by atoms with Crippen molar-refractivity contribution in [2.45, 2.75) is 33.5 Å². The Hall–Kier alpha value is -0.513. The first-order valence-corrected chi connectivity index (χ1v) is 7.79. The second-order valence-electron chi connectivity index (χ2n) is 3.65. The van der Waals surface area contributed by atoms with Gasteiger partial charge in [0.15, 0.2) is 0 Å². The summed E-state index contributed by atoms with van der Waals surface area (Å²) in [5.74, 6) is 0. The van der Waals surface area contributed by atoms with Gasteiger partial charge in [-0.1, -0.05) is 0 Å². The van der Waals surface area contributed by atoms with E-state index in [1.165, 1.54) is 0 Å². The molecule has 0 saturated carbocycles. The molecule has 0 atom stereocenters. The number of amides is 1. The van der Waals surface area contributed by atoms with Crippen molar-refractivity contribution >= 4 is 14.4 Å². The van der Waals surface area contributed by atoms with Crippen molar-refractivity contribution in [2.75, 3.05) is 13.1 Å². The average molecular weight is 189 g/mol. The predicted molar refractivity (Wildman–Crippen MR) is 52.7 cm³/mol. The Morgan fingerprint density at radius 2 is 1.67 bits per heavy atom. The van der Waals surface area contributed by atoms with E-state index in [2.05, 4.69) is 0 Å². The Morgan fingerprint density at radius 3 is 1.92 bits per heavy atom. The van der Waals surface area contributed by atoms with E-state index < -0.39 is 8.32 Å². The van der Waals surface area contributed by atoms with Crippen LogP contribution in [0.2, 0.25) is 19.6 Å². The van der Waals surface area contributed by atoms with E-state index in [1.54, 1.807) is 4.90 Å². The Kier molecular flexibility index (Phi) is 4.30. The summed E-state index contributed by atoms with van der Waals surface area (Å²) in [6.07, 6.45) is -0.167. The topological polar surface area (TPSA) is 29.5 Å². The third-order valence-corrected chi connectivity index (χ3v) is 2.20. The molecule has 0 radical (unpaired) electrons. The highest BCUT2D eigenvalue weighted by Gasteiger charge is 2.22. The zero-order valence-electron chi connectivity index (χ0n) is 8.68. The molecule has 0 aromatic heterocycles. The molecule has 72 valence electrons. The molecule has 0 aliphatic heterocycles. The number of carbonyl (C=O) groups is 1. The van der Waals surface area contributed by atoms with Crippen LogP contribution in [0.25, 0.3) is 0 Å². The quantitative estimate of drug-likeness (QED) is 0.638. The van der Waals surface area contributed by atoms with Gasteiger partial charge >= 0.3 is 6.09 Å². The van der Waals surface area contributed by atoms with Crippen LogP contribution >= 0.6 is 0 Å². The molecule has 0 aliphatic carbocycles. The van der Waals surface area contributed by atoms with Crippen molar-refractivity contribution in [3.63, 3.8) is 0 Å². The summed E-state index contributed by atoms with van der Waals surface area (Å²) in [6, 6.07) is 0. The van der Waals surface area contributed by atoms with E-state index in [9.17, 15) is 4.79 Å². The van der Waals surface area contributed by atoms with Crippen molar-refractivity contribution in [1.82, 2.24) is 4.90 Å². The molecule has 0 aromatic carbocycles. The molecule has 0 bridgehead atoms. The first-order chi connectivity index (χ1) is 5.40. The van der Waals surface area contributed by atoms with E-state index >= 15 is 0 Å². The van der Waals surface area contributed by atoms with E-state index in [0.717, 1.165) is 13.1 Å². The highest BCUT2D eigenvalue weighted by molar-refractivity contribution is 6.71. The summed E-state index contributed by atoms with van der Waals surface area (Å²) in [6.45, 7) is 11.4. The molecular weight excluding hydrogens is 170 g/mol. The first kappa shape index (κ1) is 11.5. The van der Waals surface area contributed by atoms with Gasteiger partial charge in [-0.15, -0.1) is 0 Å². The van der Waals surface area contributed by atoms with Gasteiger partial charge in [0.05, 0.1) is 0 Å². The lowest BCUT2D eigenvalue weighted by molar-refractivity contribution is 0.155. The van der Waals surface area contributed by atoms with Gasteiger partial charge in [-0.25, -0.2) is 4.79 Å². The third-order valence-electron chi connectivity index (χ3n) is 1.42. The Balaban J connectivity index is 4.02. The summed E-state index contributed by atoms with van der Waals surface area (Å²) < 4.78 is 5.31. The monoisotopic (exact) mass is 189 g/mol. The van der Waals surface area contributed by atoms with Gasteiger partial charge in [-0.05, 0) is 33.5 Å². The molecule has 0 fully saturated rings. The van der Waals surface area contributed by atoms with Gasteiger partial charge in [-0.3, -0.25) is 0 Å². The molecule has 0 unspecified atom stereocenters. The maximum atomic E-state index is 11.4. The Bertz CT molecular complexity index is 150. The van der Waals surface area contributed by atoms with Crippen molar-refractivity contribution < 1.29 is 9.22 Å². The maximum Gasteiger partial charge on any atom is 0.396 e. The minimum atomic E-state index is -1.71. The molecule has 0 heterocycles. The van der Waals surface area contributed by atoms with Crippen molar-refractivity contribution in [3.8, 4) is 0 Å². The fraction of sp³-hybridized carbons (Fsp3) is 0.875. The van der Waals surface area contributed by atoms with E-state index in [-0.39, 0.29) is 6.09 Å². The number of hydrogen-bond acceptors (Lipinski definition) is 2. The highest BCUT2D eigenvalue weighted by Crippen LogP contribution is 2.05. The summed E-state index contributed by atoms with van der Waals surface area (Å²) in [7, 11) is -1.71. The molecule has 0 aliphatic rings. The fourth-order valence-electron chi connectivity index (χ4n) is 0.808. The fourth-order valence-corrected chi connectivity index (χ4v) is 1.46. The molecular formula is C8H19NO2Si. The minimum absolute atomic E-state index is 0.167. The van der Waals surface area contributed by atoms with E-state index in [0.29, 0.717) is 0 Å². The molecule has 4 heteroatoms. The normalized spacial score (nSPS) is 11.1. The van der Waals surface area contributed by atoms with Gasteiger partial charge in [0.2, 0.25) is 8.32 Å². The van der Waals surface area contributed by atoms with Crippen LogP contribution in [0.1, 0.15) is 13.8 Å². The van der Waals surface area contributed by atoms with Crippen LogP contribution in [-0.4, -0.2) is 32.4 Å². The summed E-state index contributed by atoms with van der Waals surface area (Å²) >= 11 is 0. The molecule has 0 rings (SSSR count). The van der Waals surface area contributed by atoms with E-state index in [4.69, 9.17) is 4.43 Å². The van der Waals surface area contributed by atoms with Gasteiger partial charge in [-0.2, -0.15) is 0 Å². The SMILES string of the molecule is CCN(CC)C(=O)O[Si](C)(C)C.